The third-order valence-corrected chi connectivity index (χ3v) is 3.81. The van der Waals surface area contributed by atoms with E-state index in [1.807, 2.05) is 13.0 Å². The molecular formula is C12H12FN3S. The van der Waals surface area contributed by atoms with Crippen molar-refractivity contribution in [3.8, 4) is 0 Å². The van der Waals surface area contributed by atoms with Crippen LogP contribution < -0.4 is 5.32 Å². The number of rotatable bonds is 2. The van der Waals surface area contributed by atoms with E-state index in [0.29, 0.717) is 0 Å². The van der Waals surface area contributed by atoms with Gasteiger partial charge in [-0.25, -0.2) is 4.39 Å². The number of anilines is 1. The molecule has 2 aromatic rings. The first kappa shape index (κ1) is 10.7. The number of aromatic nitrogens is 2. The van der Waals surface area contributed by atoms with Gasteiger partial charge in [0, 0.05) is 0 Å². The molecule has 5 heteroatoms. The van der Waals surface area contributed by atoms with E-state index in [1.54, 1.807) is 6.07 Å². The van der Waals surface area contributed by atoms with Gasteiger partial charge in [-0.3, -0.25) is 0 Å². The number of nitrogens with zero attached hydrogens (tertiary/aromatic N) is 2. The summed E-state index contributed by atoms with van der Waals surface area (Å²) in [6.45, 7) is 1.92. The van der Waals surface area contributed by atoms with Crippen LogP contribution in [0.3, 0.4) is 0 Å². The van der Waals surface area contributed by atoms with Gasteiger partial charge in [-0.1, -0.05) is 23.5 Å². The molecule has 0 amide bonds. The van der Waals surface area contributed by atoms with Crippen LogP contribution in [-0.4, -0.2) is 10.2 Å². The van der Waals surface area contributed by atoms with Crippen molar-refractivity contribution in [3.05, 3.63) is 40.2 Å². The van der Waals surface area contributed by atoms with Crippen LogP contribution in [0.1, 0.15) is 28.6 Å². The van der Waals surface area contributed by atoms with Gasteiger partial charge in [-0.15, -0.1) is 10.2 Å². The second kappa shape index (κ2) is 4.07. The maximum atomic E-state index is 13.6. The first-order valence-electron chi connectivity index (χ1n) is 5.58. The van der Waals surface area contributed by atoms with E-state index in [-0.39, 0.29) is 11.9 Å². The third kappa shape index (κ3) is 1.91. The monoisotopic (exact) mass is 249 g/mol. The van der Waals surface area contributed by atoms with Crippen molar-refractivity contribution in [2.75, 3.05) is 5.32 Å². The molecule has 0 saturated carbocycles. The first-order chi connectivity index (χ1) is 8.24. The number of halogens is 1. The Labute approximate surface area is 103 Å². The van der Waals surface area contributed by atoms with Gasteiger partial charge in [0.2, 0.25) is 5.13 Å². The van der Waals surface area contributed by atoms with E-state index in [1.165, 1.54) is 17.4 Å². The molecule has 1 aromatic carbocycles. The predicted molar refractivity (Wildman–Crippen MR) is 65.7 cm³/mol. The zero-order chi connectivity index (χ0) is 11.8. The van der Waals surface area contributed by atoms with E-state index >= 15 is 0 Å². The number of nitrogens with one attached hydrogen (secondary N) is 1. The van der Waals surface area contributed by atoms with Gasteiger partial charge in [-0.05, 0) is 37.0 Å². The fraction of sp³-hybridized carbons (Fsp3) is 0.333. The van der Waals surface area contributed by atoms with Crippen LogP contribution >= 0.6 is 11.3 Å². The number of benzene rings is 1. The Kier molecular flexibility index (Phi) is 2.55. The highest BCUT2D eigenvalue weighted by Crippen LogP contribution is 2.35. The van der Waals surface area contributed by atoms with Crippen molar-refractivity contribution in [2.45, 2.75) is 25.8 Å². The molecule has 17 heavy (non-hydrogen) atoms. The maximum Gasteiger partial charge on any atom is 0.206 e. The second-order valence-corrected chi connectivity index (χ2v) is 5.35. The minimum absolute atomic E-state index is 0.0970. The zero-order valence-corrected chi connectivity index (χ0v) is 10.2. The Balaban J connectivity index is 1.86. The van der Waals surface area contributed by atoms with E-state index in [0.717, 1.165) is 34.1 Å². The molecule has 3 nitrogen and oxygen atoms in total. The van der Waals surface area contributed by atoms with Crippen molar-refractivity contribution in [1.82, 2.24) is 10.2 Å². The summed E-state index contributed by atoms with van der Waals surface area (Å²) in [5.41, 5.74) is 1.89. The number of aryl methyl sites for hydroxylation is 1. The van der Waals surface area contributed by atoms with Gasteiger partial charge < -0.3 is 5.32 Å². The van der Waals surface area contributed by atoms with E-state index in [9.17, 15) is 4.39 Å². The van der Waals surface area contributed by atoms with Crippen LogP contribution in [0.5, 0.6) is 0 Å². The van der Waals surface area contributed by atoms with Gasteiger partial charge in [0.1, 0.15) is 10.8 Å². The molecule has 0 saturated heterocycles. The topological polar surface area (TPSA) is 37.8 Å². The molecule has 0 aliphatic heterocycles. The molecule has 3 rings (SSSR count). The van der Waals surface area contributed by atoms with Crippen LogP contribution in [0, 0.1) is 12.7 Å². The van der Waals surface area contributed by atoms with Crippen molar-refractivity contribution in [2.24, 2.45) is 0 Å². The molecule has 1 aliphatic carbocycles. The second-order valence-electron chi connectivity index (χ2n) is 4.17. The summed E-state index contributed by atoms with van der Waals surface area (Å²) in [6.07, 6.45) is 1.70. The summed E-state index contributed by atoms with van der Waals surface area (Å²) in [7, 11) is 0. The number of fused-ring (bicyclic) bond motifs is 1. The average Bonchev–Trinajstić information content (AvgIpc) is 2.88. The highest BCUT2D eigenvalue weighted by molar-refractivity contribution is 7.15. The van der Waals surface area contributed by atoms with Crippen molar-refractivity contribution in [1.29, 1.82) is 0 Å². The molecule has 0 radical (unpaired) electrons. The molecule has 1 aromatic heterocycles. The maximum absolute atomic E-state index is 13.6. The molecule has 1 N–H and O–H groups in total. The summed E-state index contributed by atoms with van der Waals surface area (Å²) in [4.78, 5) is 0. The standard InChI is InChI=1S/C12H12FN3S/c1-7-15-16-12(17-7)14-11-6-5-8-9(11)3-2-4-10(8)13/h2-4,11H,5-6H2,1H3,(H,14,16). The molecular weight excluding hydrogens is 237 g/mol. The fourth-order valence-corrected chi connectivity index (χ4v) is 2.91. The number of hydrogen-bond donors (Lipinski definition) is 1. The van der Waals surface area contributed by atoms with E-state index < -0.39 is 0 Å². The lowest BCUT2D eigenvalue weighted by molar-refractivity contribution is 0.612. The van der Waals surface area contributed by atoms with Crippen LogP contribution in [0.4, 0.5) is 9.52 Å². The Hall–Kier alpha value is -1.49. The van der Waals surface area contributed by atoms with Crippen LogP contribution in [0.25, 0.3) is 0 Å². The van der Waals surface area contributed by atoms with Gasteiger partial charge in [-0.2, -0.15) is 0 Å². The summed E-state index contributed by atoms with van der Waals surface area (Å²) in [5, 5.41) is 13.1. The molecule has 0 spiro atoms. The van der Waals surface area contributed by atoms with Gasteiger partial charge in [0.15, 0.2) is 0 Å². The van der Waals surface area contributed by atoms with Crippen LogP contribution in [0.15, 0.2) is 18.2 Å². The quantitative estimate of drug-likeness (QED) is 0.888. The summed E-state index contributed by atoms with van der Waals surface area (Å²) in [5.74, 6) is -0.0970. The molecule has 1 heterocycles. The van der Waals surface area contributed by atoms with Crippen molar-refractivity contribution < 1.29 is 4.39 Å². The molecule has 1 aliphatic rings. The van der Waals surface area contributed by atoms with E-state index in [4.69, 9.17) is 0 Å². The molecule has 0 bridgehead atoms. The smallest absolute Gasteiger partial charge is 0.206 e. The Bertz CT molecular complexity index is 552. The number of hydrogen-bond acceptors (Lipinski definition) is 4. The lowest BCUT2D eigenvalue weighted by atomic mass is 10.1. The Morgan fingerprint density at radius 3 is 3.06 bits per heavy atom. The summed E-state index contributed by atoms with van der Waals surface area (Å²) in [6, 6.07) is 5.43. The summed E-state index contributed by atoms with van der Waals surface area (Å²) >= 11 is 1.53. The normalized spacial score (nSPS) is 18.1. The minimum atomic E-state index is -0.0970. The third-order valence-electron chi connectivity index (χ3n) is 3.04. The molecule has 0 fully saturated rings. The lowest BCUT2D eigenvalue weighted by Crippen LogP contribution is -2.06. The average molecular weight is 249 g/mol. The highest BCUT2D eigenvalue weighted by Gasteiger charge is 2.25. The van der Waals surface area contributed by atoms with Gasteiger partial charge in [0.25, 0.3) is 0 Å². The first-order valence-corrected chi connectivity index (χ1v) is 6.39. The van der Waals surface area contributed by atoms with Crippen molar-refractivity contribution >= 4 is 16.5 Å². The zero-order valence-electron chi connectivity index (χ0n) is 9.40. The van der Waals surface area contributed by atoms with E-state index in [2.05, 4.69) is 15.5 Å². The van der Waals surface area contributed by atoms with Crippen molar-refractivity contribution in [3.63, 3.8) is 0 Å². The minimum Gasteiger partial charge on any atom is -0.353 e. The summed E-state index contributed by atoms with van der Waals surface area (Å²) < 4.78 is 13.6. The lowest BCUT2D eigenvalue weighted by Gasteiger charge is -2.12. The van der Waals surface area contributed by atoms with Crippen LogP contribution in [-0.2, 0) is 6.42 Å². The Morgan fingerprint density at radius 1 is 1.41 bits per heavy atom. The molecule has 1 unspecified atom stereocenters. The highest BCUT2D eigenvalue weighted by atomic mass is 32.1. The SMILES string of the molecule is Cc1nnc(NC2CCc3c(F)cccc32)s1. The van der Waals surface area contributed by atoms with Crippen LogP contribution in [0.2, 0.25) is 0 Å². The van der Waals surface area contributed by atoms with Gasteiger partial charge in [0.05, 0.1) is 6.04 Å². The Morgan fingerprint density at radius 2 is 2.29 bits per heavy atom. The molecule has 88 valence electrons. The molecule has 1 atom stereocenters. The fourth-order valence-electron chi connectivity index (χ4n) is 2.26. The van der Waals surface area contributed by atoms with Gasteiger partial charge >= 0.3 is 0 Å². The predicted octanol–water partition coefficient (Wildman–Crippen LogP) is 3.09. The largest absolute Gasteiger partial charge is 0.353 e.